The van der Waals surface area contributed by atoms with Crippen LogP contribution in [0.1, 0.15) is 32.6 Å². The minimum Gasteiger partial charge on any atom is -0.369 e. The van der Waals surface area contributed by atoms with Crippen LogP contribution in [0.2, 0.25) is 0 Å². The van der Waals surface area contributed by atoms with Crippen LogP contribution >= 0.6 is 0 Å². The number of likely N-dealkylation sites (tertiary alicyclic amines) is 1. The van der Waals surface area contributed by atoms with E-state index < -0.39 is 0 Å². The summed E-state index contributed by atoms with van der Waals surface area (Å²) < 4.78 is 18.2. The van der Waals surface area contributed by atoms with E-state index in [1.807, 2.05) is 30.1 Å². The number of piperazine rings is 1. The second-order valence-electron chi connectivity index (χ2n) is 10.00. The largest absolute Gasteiger partial charge is 0.369 e. The fourth-order valence-electron chi connectivity index (χ4n) is 5.99. The Kier molecular flexibility index (Phi) is 6.03. The molecule has 5 rings (SSSR count). The third-order valence-corrected chi connectivity index (χ3v) is 8.12. The highest BCUT2D eigenvalue weighted by Gasteiger charge is 2.51. The first-order valence-corrected chi connectivity index (χ1v) is 12.1. The molecule has 0 aliphatic carbocycles. The molecule has 0 radical (unpaired) electrons. The van der Waals surface area contributed by atoms with Crippen LogP contribution in [0.25, 0.3) is 0 Å². The molecule has 0 saturated carbocycles. The Labute approximate surface area is 195 Å². The lowest BCUT2D eigenvalue weighted by molar-refractivity contribution is -0.136. The molecule has 3 saturated heterocycles. The number of halogens is 1. The van der Waals surface area contributed by atoms with E-state index in [1.54, 1.807) is 6.26 Å². The summed E-state index contributed by atoms with van der Waals surface area (Å²) in [5.41, 5.74) is 0.870. The zero-order chi connectivity index (χ0) is 23.0. The number of piperidine rings is 1. The average molecular weight is 456 g/mol. The van der Waals surface area contributed by atoms with E-state index in [9.17, 15) is 9.18 Å². The van der Waals surface area contributed by atoms with Crippen LogP contribution in [0.3, 0.4) is 0 Å². The van der Waals surface area contributed by atoms with Crippen LogP contribution in [0.4, 0.5) is 15.9 Å². The maximum Gasteiger partial charge on any atom is 0.228 e. The van der Waals surface area contributed by atoms with Crippen LogP contribution in [0.15, 0.2) is 41.1 Å². The van der Waals surface area contributed by atoms with Gasteiger partial charge in [-0.15, -0.1) is 0 Å². The topological polar surface area (TPSA) is 56.1 Å². The zero-order valence-corrected chi connectivity index (χ0v) is 19.6. The summed E-state index contributed by atoms with van der Waals surface area (Å²) in [6.07, 6.45) is 5.33. The molecule has 2 atom stereocenters. The summed E-state index contributed by atoms with van der Waals surface area (Å²) >= 11 is 0. The first-order valence-electron chi connectivity index (χ1n) is 12.1. The zero-order valence-electron chi connectivity index (χ0n) is 19.6. The van der Waals surface area contributed by atoms with E-state index in [1.165, 1.54) is 12.1 Å². The van der Waals surface area contributed by atoms with E-state index in [0.717, 1.165) is 76.5 Å². The predicted octanol–water partition coefficient (Wildman–Crippen LogP) is 3.23. The lowest BCUT2D eigenvalue weighted by Crippen LogP contribution is -2.52. The molecule has 3 aliphatic rings. The molecule has 0 N–H and O–H groups in total. The first kappa shape index (κ1) is 22.2. The Bertz CT molecular complexity index is 942. The molecular weight excluding hydrogens is 421 g/mol. The van der Waals surface area contributed by atoms with Crippen LogP contribution in [-0.2, 0) is 4.79 Å². The van der Waals surface area contributed by atoms with Crippen molar-refractivity contribution in [3.8, 4) is 0 Å². The summed E-state index contributed by atoms with van der Waals surface area (Å²) in [6.45, 7) is 7.83. The third kappa shape index (κ3) is 4.33. The number of benzene rings is 1. The fourth-order valence-corrected chi connectivity index (χ4v) is 5.99. The maximum absolute atomic E-state index is 13.3. The Balaban J connectivity index is 1.14. The molecular formula is C25H34FN5O2. The quantitative estimate of drug-likeness (QED) is 0.690. The van der Waals surface area contributed by atoms with Gasteiger partial charge in [0.1, 0.15) is 12.1 Å². The van der Waals surface area contributed by atoms with Gasteiger partial charge < -0.3 is 19.2 Å². The van der Waals surface area contributed by atoms with E-state index in [4.69, 9.17) is 4.52 Å². The van der Waals surface area contributed by atoms with Crippen LogP contribution < -0.4 is 9.80 Å². The lowest BCUT2D eigenvalue weighted by Gasteiger charge is -2.41. The molecule has 2 aromatic rings. The van der Waals surface area contributed by atoms with Crippen LogP contribution in [-0.4, -0.2) is 79.3 Å². The number of hydrogen-bond donors (Lipinski definition) is 0. The van der Waals surface area contributed by atoms with Gasteiger partial charge in [-0.05, 0) is 56.9 Å². The molecule has 4 heterocycles. The Morgan fingerprint density at radius 1 is 1.09 bits per heavy atom. The minimum atomic E-state index is -0.216. The van der Waals surface area contributed by atoms with Crippen molar-refractivity contribution in [1.82, 2.24) is 15.0 Å². The molecule has 33 heavy (non-hydrogen) atoms. The minimum absolute atomic E-state index is 0.192. The highest BCUT2D eigenvalue weighted by molar-refractivity contribution is 5.85. The summed E-state index contributed by atoms with van der Waals surface area (Å²) in [5.74, 6) is 0.998. The van der Waals surface area contributed by atoms with E-state index >= 15 is 0 Å². The van der Waals surface area contributed by atoms with Gasteiger partial charge in [-0.3, -0.25) is 9.69 Å². The second kappa shape index (κ2) is 8.97. The Morgan fingerprint density at radius 2 is 1.85 bits per heavy atom. The van der Waals surface area contributed by atoms with Crippen molar-refractivity contribution in [1.29, 1.82) is 0 Å². The van der Waals surface area contributed by atoms with Gasteiger partial charge >= 0.3 is 0 Å². The number of rotatable bonds is 5. The molecule has 8 heteroatoms. The van der Waals surface area contributed by atoms with E-state index in [2.05, 4.69) is 26.8 Å². The molecule has 3 fully saturated rings. The summed E-state index contributed by atoms with van der Waals surface area (Å²) in [4.78, 5) is 22.4. The Morgan fingerprint density at radius 3 is 2.52 bits per heavy atom. The standard InChI is InChI=1S/C25H34FN5O2/c1-19-18-31(21-5-3-20(26)4-6-21)15-14-29(19)11-7-22-17-25(24(32)28(22)2)9-12-30(13-10-25)23-8-16-33-27-23/h3-6,8,16,19,22H,7,9-15,17-18H2,1-2H3/t19-,22?/m0/s1. The molecule has 3 aliphatic heterocycles. The third-order valence-electron chi connectivity index (χ3n) is 8.12. The van der Waals surface area contributed by atoms with E-state index in [0.29, 0.717) is 18.0 Å². The van der Waals surface area contributed by atoms with Gasteiger partial charge in [0.25, 0.3) is 0 Å². The molecule has 0 bridgehead atoms. The van der Waals surface area contributed by atoms with Crippen molar-refractivity contribution in [2.75, 3.05) is 56.1 Å². The van der Waals surface area contributed by atoms with Gasteiger partial charge in [0.2, 0.25) is 5.91 Å². The molecule has 1 amide bonds. The number of carbonyl (C=O) groups excluding carboxylic acids is 1. The molecule has 178 valence electrons. The first-order chi connectivity index (χ1) is 15.9. The van der Waals surface area contributed by atoms with E-state index in [-0.39, 0.29) is 11.2 Å². The maximum atomic E-state index is 13.3. The smallest absolute Gasteiger partial charge is 0.228 e. The van der Waals surface area contributed by atoms with Crippen molar-refractivity contribution < 1.29 is 13.7 Å². The number of hydrogen-bond acceptors (Lipinski definition) is 6. The van der Waals surface area contributed by atoms with Crippen molar-refractivity contribution in [3.05, 3.63) is 42.4 Å². The van der Waals surface area contributed by atoms with Crippen LogP contribution in [0.5, 0.6) is 0 Å². The number of amides is 1. The number of aromatic nitrogens is 1. The monoisotopic (exact) mass is 455 g/mol. The van der Waals surface area contributed by atoms with Crippen molar-refractivity contribution in [3.63, 3.8) is 0 Å². The highest BCUT2D eigenvalue weighted by atomic mass is 19.1. The SMILES string of the molecule is C[C@H]1CN(c2ccc(F)cc2)CCN1CCC1CC2(CCN(c3ccon3)CC2)C(=O)N1C. The molecule has 1 aromatic carbocycles. The normalized spacial score (nSPS) is 25.9. The predicted molar refractivity (Wildman–Crippen MR) is 126 cm³/mol. The summed E-state index contributed by atoms with van der Waals surface area (Å²) in [6, 6.07) is 9.41. The van der Waals surface area contributed by atoms with Gasteiger partial charge in [-0.25, -0.2) is 4.39 Å². The van der Waals surface area contributed by atoms with Crippen LogP contribution in [0, 0.1) is 11.2 Å². The van der Waals surface area contributed by atoms with Gasteiger partial charge in [0.05, 0.1) is 5.41 Å². The molecule has 1 aromatic heterocycles. The molecule has 1 spiro atoms. The number of anilines is 2. The van der Waals surface area contributed by atoms with Crippen molar-refractivity contribution >= 4 is 17.4 Å². The van der Waals surface area contributed by atoms with Gasteiger partial charge in [0, 0.05) is 70.2 Å². The Hall–Kier alpha value is -2.61. The lowest BCUT2D eigenvalue weighted by atomic mass is 9.75. The van der Waals surface area contributed by atoms with Gasteiger partial charge in [-0.1, -0.05) is 5.16 Å². The van der Waals surface area contributed by atoms with Gasteiger partial charge in [-0.2, -0.15) is 0 Å². The van der Waals surface area contributed by atoms with Crippen molar-refractivity contribution in [2.45, 2.75) is 44.7 Å². The summed E-state index contributed by atoms with van der Waals surface area (Å²) in [7, 11) is 1.99. The summed E-state index contributed by atoms with van der Waals surface area (Å²) in [5, 5.41) is 4.05. The highest BCUT2D eigenvalue weighted by Crippen LogP contribution is 2.45. The fraction of sp³-hybridized carbons (Fsp3) is 0.600. The van der Waals surface area contributed by atoms with Crippen molar-refractivity contribution in [2.24, 2.45) is 5.41 Å². The number of nitrogens with zero attached hydrogens (tertiary/aromatic N) is 5. The average Bonchev–Trinajstić information content (AvgIpc) is 3.44. The second-order valence-corrected chi connectivity index (χ2v) is 10.00. The molecule has 1 unspecified atom stereocenters. The number of carbonyl (C=O) groups is 1. The van der Waals surface area contributed by atoms with Gasteiger partial charge in [0.15, 0.2) is 5.82 Å². The molecule has 7 nitrogen and oxygen atoms in total.